The maximum atomic E-state index is 12.8. The first-order valence-corrected chi connectivity index (χ1v) is 10.4. The molecule has 1 saturated heterocycles. The Kier molecular flexibility index (Phi) is 6.58. The minimum absolute atomic E-state index is 0.0983. The number of ketones is 1. The maximum Gasteiger partial charge on any atom is 0.243 e. The fraction of sp³-hybridized carbons (Fsp3) is 0.579. The van der Waals surface area contributed by atoms with Crippen molar-refractivity contribution in [2.24, 2.45) is 11.8 Å². The molecule has 0 aliphatic carbocycles. The van der Waals surface area contributed by atoms with Crippen LogP contribution < -0.4 is 0 Å². The summed E-state index contributed by atoms with van der Waals surface area (Å²) < 4.78 is 27.0. The predicted octanol–water partition coefficient (Wildman–Crippen LogP) is 2.40. The number of sulfonamides is 1. The molecule has 0 atom stereocenters. The van der Waals surface area contributed by atoms with Gasteiger partial charge in [0.1, 0.15) is 0 Å². The van der Waals surface area contributed by atoms with Gasteiger partial charge in [-0.15, -0.1) is 0 Å². The maximum absolute atomic E-state index is 12.8. The number of Topliss-reactive ketones (excluding diaryl/α,β-unsaturated/α-hetero) is 1. The Morgan fingerprint density at radius 3 is 2.15 bits per heavy atom. The van der Waals surface area contributed by atoms with Gasteiger partial charge in [-0.1, -0.05) is 26.0 Å². The van der Waals surface area contributed by atoms with Crippen LogP contribution in [0.2, 0.25) is 0 Å². The summed E-state index contributed by atoms with van der Waals surface area (Å²) in [6.45, 7) is 6.96. The molecule has 0 radical (unpaired) electrons. The predicted molar refractivity (Wildman–Crippen MR) is 100 cm³/mol. The molecule has 26 heavy (non-hydrogen) atoms. The first kappa shape index (κ1) is 20.6. The molecule has 2 rings (SSSR count). The Hall–Kier alpha value is -1.73. The molecule has 1 amide bonds. The topological polar surface area (TPSA) is 74.8 Å². The van der Waals surface area contributed by atoms with Gasteiger partial charge in [-0.05, 0) is 37.8 Å². The van der Waals surface area contributed by atoms with Crippen LogP contribution in [0.1, 0.15) is 44.0 Å². The van der Waals surface area contributed by atoms with Gasteiger partial charge in [0.15, 0.2) is 5.78 Å². The molecule has 0 saturated carbocycles. The van der Waals surface area contributed by atoms with Crippen molar-refractivity contribution < 1.29 is 18.0 Å². The average Bonchev–Trinajstić information content (AvgIpc) is 2.60. The molecule has 0 spiro atoms. The molecule has 1 aromatic rings. The third-order valence-electron chi connectivity index (χ3n) is 4.72. The summed E-state index contributed by atoms with van der Waals surface area (Å²) in [6, 6.07) is 6.01. The molecule has 1 fully saturated rings. The third kappa shape index (κ3) is 4.71. The molecule has 0 aromatic heterocycles. The van der Waals surface area contributed by atoms with E-state index < -0.39 is 10.0 Å². The van der Waals surface area contributed by atoms with E-state index >= 15 is 0 Å². The molecule has 0 unspecified atom stereocenters. The Labute approximate surface area is 156 Å². The summed E-state index contributed by atoms with van der Waals surface area (Å²) in [5, 5.41) is 0. The quantitative estimate of drug-likeness (QED) is 0.710. The van der Waals surface area contributed by atoms with E-state index in [1.54, 1.807) is 4.90 Å². The lowest BCUT2D eigenvalue weighted by Gasteiger charge is -2.33. The molecule has 7 heteroatoms. The first-order valence-electron chi connectivity index (χ1n) is 8.99. The average molecular weight is 381 g/mol. The van der Waals surface area contributed by atoms with Crippen molar-refractivity contribution in [3.8, 4) is 0 Å². The zero-order chi connectivity index (χ0) is 19.5. The van der Waals surface area contributed by atoms with Crippen LogP contribution in [0.5, 0.6) is 0 Å². The summed E-state index contributed by atoms with van der Waals surface area (Å²) in [5.41, 5.74) is 0.487. The molecule has 1 aliphatic heterocycles. The normalized spacial score (nSPS) is 16.7. The Bertz CT molecular complexity index is 748. The van der Waals surface area contributed by atoms with Crippen LogP contribution in [0.25, 0.3) is 0 Å². The van der Waals surface area contributed by atoms with Gasteiger partial charge in [-0.3, -0.25) is 9.59 Å². The standard InChI is InChI=1S/C19H28N2O4S/c1-14(2)13-20(4)19(23)17-9-11-21(12-10-17)26(24,25)18-7-5-16(6-8-18)15(3)22/h5-8,14,17H,9-13H2,1-4H3. The van der Waals surface area contributed by atoms with Gasteiger partial charge in [-0.25, -0.2) is 8.42 Å². The van der Waals surface area contributed by atoms with Crippen molar-refractivity contribution in [3.05, 3.63) is 29.8 Å². The lowest BCUT2D eigenvalue weighted by atomic mass is 9.96. The van der Waals surface area contributed by atoms with E-state index in [1.165, 1.54) is 35.5 Å². The van der Waals surface area contributed by atoms with E-state index in [4.69, 9.17) is 0 Å². The van der Waals surface area contributed by atoms with Crippen molar-refractivity contribution in [2.45, 2.75) is 38.5 Å². The van der Waals surface area contributed by atoms with Crippen molar-refractivity contribution in [3.63, 3.8) is 0 Å². The fourth-order valence-electron chi connectivity index (χ4n) is 3.30. The summed E-state index contributed by atoms with van der Waals surface area (Å²) in [5.74, 6) is 0.285. The van der Waals surface area contributed by atoms with Crippen molar-refractivity contribution in [1.82, 2.24) is 9.21 Å². The van der Waals surface area contributed by atoms with Gasteiger partial charge in [0, 0.05) is 38.2 Å². The molecule has 0 bridgehead atoms. The number of carbonyl (C=O) groups is 2. The van der Waals surface area contributed by atoms with Crippen molar-refractivity contribution >= 4 is 21.7 Å². The largest absolute Gasteiger partial charge is 0.345 e. The SMILES string of the molecule is CC(=O)c1ccc(S(=O)(=O)N2CCC(C(=O)N(C)CC(C)C)CC2)cc1. The zero-order valence-corrected chi connectivity index (χ0v) is 16.8. The highest BCUT2D eigenvalue weighted by Crippen LogP contribution is 2.25. The molecular formula is C19H28N2O4S. The number of hydrogen-bond donors (Lipinski definition) is 0. The van der Waals surface area contributed by atoms with Crippen LogP contribution >= 0.6 is 0 Å². The summed E-state index contributed by atoms with van der Waals surface area (Å²) in [6.07, 6.45) is 1.07. The van der Waals surface area contributed by atoms with E-state index in [0.29, 0.717) is 44.0 Å². The van der Waals surface area contributed by atoms with Crippen LogP contribution in [0.15, 0.2) is 29.2 Å². The highest BCUT2D eigenvalue weighted by atomic mass is 32.2. The molecule has 6 nitrogen and oxygen atoms in total. The molecule has 1 aliphatic rings. The van der Waals surface area contributed by atoms with E-state index in [1.807, 2.05) is 7.05 Å². The van der Waals surface area contributed by atoms with Gasteiger partial charge in [0.25, 0.3) is 0 Å². The number of nitrogens with zero attached hydrogens (tertiary/aromatic N) is 2. The number of rotatable bonds is 6. The Morgan fingerprint density at radius 2 is 1.69 bits per heavy atom. The molecule has 144 valence electrons. The third-order valence-corrected chi connectivity index (χ3v) is 6.63. The lowest BCUT2D eigenvalue weighted by molar-refractivity contribution is -0.135. The van der Waals surface area contributed by atoms with Gasteiger partial charge < -0.3 is 4.90 Å². The van der Waals surface area contributed by atoms with Crippen LogP contribution in [0, 0.1) is 11.8 Å². The van der Waals surface area contributed by atoms with Gasteiger partial charge in [0.2, 0.25) is 15.9 Å². The van der Waals surface area contributed by atoms with Crippen LogP contribution in [-0.2, 0) is 14.8 Å². The highest BCUT2D eigenvalue weighted by Gasteiger charge is 2.33. The number of amides is 1. The van der Waals surface area contributed by atoms with E-state index in [-0.39, 0.29) is 22.5 Å². The van der Waals surface area contributed by atoms with Gasteiger partial charge in [0.05, 0.1) is 4.90 Å². The Balaban J connectivity index is 2.02. The van der Waals surface area contributed by atoms with Crippen molar-refractivity contribution in [1.29, 1.82) is 0 Å². The second-order valence-corrected chi connectivity index (χ2v) is 9.31. The van der Waals surface area contributed by atoms with Crippen LogP contribution in [-0.4, -0.2) is 56.0 Å². The summed E-state index contributed by atoms with van der Waals surface area (Å²) in [7, 11) is -1.79. The summed E-state index contributed by atoms with van der Waals surface area (Å²) in [4.78, 5) is 25.8. The smallest absolute Gasteiger partial charge is 0.243 e. The van der Waals surface area contributed by atoms with Gasteiger partial charge >= 0.3 is 0 Å². The number of carbonyl (C=O) groups excluding carboxylic acids is 2. The first-order chi connectivity index (χ1) is 12.1. The second kappa shape index (κ2) is 8.31. The van der Waals surface area contributed by atoms with E-state index in [9.17, 15) is 18.0 Å². The number of piperidine rings is 1. The monoisotopic (exact) mass is 380 g/mol. The van der Waals surface area contributed by atoms with E-state index in [2.05, 4.69) is 13.8 Å². The second-order valence-electron chi connectivity index (χ2n) is 7.37. The van der Waals surface area contributed by atoms with Crippen LogP contribution in [0.3, 0.4) is 0 Å². The molecule has 1 aromatic carbocycles. The zero-order valence-electron chi connectivity index (χ0n) is 15.9. The molecular weight excluding hydrogens is 352 g/mol. The number of hydrogen-bond acceptors (Lipinski definition) is 4. The minimum atomic E-state index is -3.60. The number of benzene rings is 1. The Morgan fingerprint density at radius 1 is 1.15 bits per heavy atom. The van der Waals surface area contributed by atoms with Crippen molar-refractivity contribution in [2.75, 3.05) is 26.7 Å². The summed E-state index contributed by atoms with van der Waals surface area (Å²) >= 11 is 0. The highest BCUT2D eigenvalue weighted by molar-refractivity contribution is 7.89. The molecule has 0 N–H and O–H groups in total. The van der Waals surface area contributed by atoms with Crippen LogP contribution in [0.4, 0.5) is 0 Å². The minimum Gasteiger partial charge on any atom is -0.345 e. The lowest BCUT2D eigenvalue weighted by Crippen LogP contribution is -2.44. The fourth-order valence-corrected chi connectivity index (χ4v) is 4.77. The van der Waals surface area contributed by atoms with E-state index in [0.717, 1.165) is 0 Å². The van der Waals surface area contributed by atoms with Gasteiger partial charge in [-0.2, -0.15) is 4.31 Å². The molecule has 1 heterocycles.